The Kier molecular flexibility index (Phi) is 4.28. The van der Waals surface area contributed by atoms with Crippen LogP contribution >= 0.6 is 11.3 Å². The van der Waals surface area contributed by atoms with Crippen LogP contribution in [-0.4, -0.2) is 52.8 Å². The van der Waals surface area contributed by atoms with Gasteiger partial charge in [0.1, 0.15) is 4.88 Å². The van der Waals surface area contributed by atoms with Crippen molar-refractivity contribution in [2.75, 3.05) is 19.6 Å². The third kappa shape index (κ3) is 3.62. The van der Waals surface area contributed by atoms with Crippen LogP contribution in [0.15, 0.2) is 0 Å². The van der Waals surface area contributed by atoms with Crippen molar-refractivity contribution in [2.24, 2.45) is 0 Å². The van der Waals surface area contributed by atoms with Crippen LogP contribution in [0.4, 0.5) is 0 Å². The molecule has 2 fully saturated rings. The maximum absolute atomic E-state index is 11.3. The zero-order valence-corrected chi connectivity index (χ0v) is 13.4. The molecule has 6 heteroatoms. The van der Waals surface area contributed by atoms with E-state index in [9.17, 15) is 9.90 Å². The van der Waals surface area contributed by atoms with Crippen LogP contribution in [0, 0.1) is 0 Å². The van der Waals surface area contributed by atoms with Crippen molar-refractivity contribution in [1.29, 1.82) is 0 Å². The zero-order valence-electron chi connectivity index (χ0n) is 12.5. The van der Waals surface area contributed by atoms with Gasteiger partial charge in [-0.3, -0.25) is 4.90 Å². The van der Waals surface area contributed by atoms with E-state index in [-0.39, 0.29) is 12.2 Å². The topological polar surface area (TPSA) is 62.7 Å². The number of nitrogens with zero attached hydrogens (tertiary/aromatic N) is 2. The molecule has 21 heavy (non-hydrogen) atoms. The summed E-state index contributed by atoms with van der Waals surface area (Å²) in [6.45, 7) is 7.00. The number of morpholine rings is 1. The summed E-state index contributed by atoms with van der Waals surface area (Å²) in [4.78, 5) is 18.7. The third-order valence-electron chi connectivity index (χ3n) is 3.99. The average molecular weight is 310 g/mol. The van der Waals surface area contributed by atoms with E-state index in [1.165, 1.54) is 11.3 Å². The first-order chi connectivity index (χ1) is 10.0. The van der Waals surface area contributed by atoms with Gasteiger partial charge in [0.05, 0.1) is 22.9 Å². The first kappa shape index (κ1) is 14.9. The Morgan fingerprint density at radius 3 is 2.62 bits per heavy atom. The highest BCUT2D eigenvalue weighted by molar-refractivity contribution is 7.13. The number of carboxylic acid groups (broad SMARTS) is 1. The number of thiazole rings is 1. The second-order valence-corrected chi connectivity index (χ2v) is 7.25. The lowest BCUT2D eigenvalue weighted by molar-refractivity contribution is -0.0675. The van der Waals surface area contributed by atoms with Crippen molar-refractivity contribution in [3.05, 3.63) is 15.6 Å². The van der Waals surface area contributed by atoms with Gasteiger partial charge in [-0.1, -0.05) is 0 Å². The van der Waals surface area contributed by atoms with E-state index in [0.717, 1.165) is 49.6 Å². The lowest BCUT2D eigenvalue weighted by Crippen LogP contribution is -2.46. The highest BCUT2D eigenvalue weighted by atomic mass is 32.1. The molecular weight excluding hydrogens is 288 g/mol. The fourth-order valence-corrected chi connectivity index (χ4v) is 3.97. The van der Waals surface area contributed by atoms with Gasteiger partial charge in [-0.25, -0.2) is 9.78 Å². The predicted octanol–water partition coefficient (Wildman–Crippen LogP) is 2.37. The Morgan fingerprint density at radius 1 is 1.38 bits per heavy atom. The summed E-state index contributed by atoms with van der Waals surface area (Å²) in [6, 6.07) is 0. The molecule has 1 saturated carbocycles. The summed E-state index contributed by atoms with van der Waals surface area (Å²) in [6.07, 6.45) is 3.53. The Bertz CT molecular complexity index is 517. The fraction of sp³-hybridized carbons (Fsp3) is 0.733. The Balaban J connectivity index is 1.62. The molecule has 0 radical (unpaired) electrons. The molecule has 1 saturated heterocycles. The molecule has 0 aromatic carbocycles. The van der Waals surface area contributed by atoms with Gasteiger partial charge >= 0.3 is 5.97 Å². The van der Waals surface area contributed by atoms with E-state index in [1.54, 1.807) is 0 Å². The molecule has 0 spiro atoms. The lowest BCUT2D eigenvalue weighted by Gasteiger charge is -2.35. The summed E-state index contributed by atoms with van der Waals surface area (Å²) in [5.41, 5.74) is 0.825. The highest BCUT2D eigenvalue weighted by Gasteiger charge is 2.32. The number of carboxylic acids is 1. The van der Waals surface area contributed by atoms with Gasteiger partial charge in [-0.2, -0.15) is 0 Å². The minimum absolute atomic E-state index is 0.265. The smallest absolute Gasteiger partial charge is 0.347 e. The molecule has 2 unspecified atom stereocenters. The van der Waals surface area contributed by atoms with Gasteiger partial charge in [0, 0.05) is 32.0 Å². The maximum atomic E-state index is 11.3. The van der Waals surface area contributed by atoms with E-state index >= 15 is 0 Å². The fourth-order valence-electron chi connectivity index (χ4n) is 2.99. The molecule has 2 atom stereocenters. The van der Waals surface area contributed by atoms with Crippen LogP contribution in [0.25, 0.3) is 0 Å². The van der Waals surface area contributed by atoms with Crippen molar-refractivity contribution in [3.8, 4) is 0 Å². The summed E-state index contributed by atoms with van der Waals surface area (Å²) >= 11 is 1.36. The molecule has 116 valence electrons. The summed E-state index contributed by atoms with van der Waals surface area (Å²) in [7, 11) is 0. The number of aromatic carboxylic acids is 1. The van der Waals surface area contributed by atoms with E-state index in [1.807, 2.05) is 0 Å². The minimum atomic E-state index is -0.825. The standard InChI is InChI=1S/C15H22N2O3S/c1-9-7-17(8-10(2)20-9)6-5-12-16-13(11-3-4-11)14(21-12)15(18)19/h9-11H,3-8H2,1-2H3,(H,18,19). The summed E-state index contributed by atoms with van der Waals surface area (Å²) < 4.78 is 5.73. The van der Waals surface area contributed by atoms with Gasteiger partial charge in [-0.05, 0) is 26.7 Å². The first-order valence-electron chi connectivity index (χ1n) is 7.63. The average Bonchev–Trinajstić information content (AvgIpc) is 3.15. The largest absolute Gasteiger partial charge is 0.477 e. The molecule has 2 aliphatic rings. The predicted molar refractivity (Wildman–Crippen MR) is 81.2 cm³/mol. The molecule has 1 aromatic heterocycles. The number of carbonyl (C=O) groups is 1. The highest BCUT2D eigenvalue weighted by Crippen LogP contribution is 2.42. The van der Waals surface area contributed by atoms with E-state index in [0.29, 0.717) is 10.8 Å². The van der Waals surface area contributed by atoms with E-state index in [2.05, 4.69) is 23.7 Å². The molecule has 2 heterocycles. The number of ether oxygens (including phenoxy) is 1. The van der Waals surface area contributed by atoms with Crippen LogP contribution in [0.2, 0.25) is 0 Å². The quantitative estimate of drug-likeness (QED) is 0.904. The molecule has 1 N–H and O–H groups in total. The van der Waals surface area contributed by atoms with Crippen molar-refractivity contribution in [3.63, 3.8) is 0 Å². The van der Waals surface area contributed by atoms with Gasteiger partial charge < -0.3 is 9.84 Å². The molecule has 0 bridgehead atoms. The Labute approximate surface area is 128 Å². The SMILES string of the molecule is CC1CN(CCc2nc(C3CC3)c(C(=O)O)s2)CC(C)O1. The van der Waals surface area contributed by atoms with Crippen molar-refractivity contribution >= 4 is 17.3 Å². The minimum Gasteiger partial charge on any atom is -0.477 e. The molecule has 1 aliphatic carbocycles. The lowest BCUT2D eigenvalue weighted by atomic mass is 10.2. The van der Waals surface area contributed by atoms with E-state index in [4.69, 9.17) is 4.74 Å². The van der Waals surface area contributed by atoms with Gasteiger partial charge in [0.25, 0.3) is 0 Å². The molecule has 5 nitrogen and oxygen atoms in total. The Hall–Kier alpha value is -0.980. The maximum Gasteiger partial charge on any atom is 0.347 e. The number of hydrogen-bond acceptors (Lipinski definition) is 5. The van der Waals surface area contributed by atoms with Crippen molar-refractivity contribution in [2.45, 2.75) is 51.2 Å². The normalized spacial score (nSPS) is 27.0. The van der Waals surface area contributed by atoms with Crippen molar-refractivity contribution in [1.82, 2.24) is 9.88 Å². The molecule has 0 amide bonds. The molecule has 1 aliphatic heterocycles. The van der Waals surface area contributed by atoms with Gasteiger partial charge in [0.2, 0.25) is 0 Å². The number of rotatable bonds is 5. The number of hydrogen-bond donors (Lipinski definition) is 1. The third-order valence-corrected chi connectivity index (χ3v) is 5.11. The van der Waals surface area contributed by atoms with E-state index < -0.39 is 5.97 Å². The molecule has 1 aromatic rings. The summed E-state index contributed by atoms with van der Waals surface area (Å²) in [5, 5.41) is 10.2. The van der Waals surface area contributed by atoms with Crippen LogP contribution in [0.3, 0.4) is 0 Å². The second-order valence-electron chi connectivity index (χ2n) is 6.17. The Morgan fingerprint density at radius 2 is 2.05 bits per heavy atom. The van der Waals surface area contributed by atoms with Crippen LogP contribution in [-0.2, 0) is 11.2 Å². The zero-order chi connectivity index (χ0) is 15.0. The summed E-state index contributed by atoms with van der Waals surface area (Å²) in [5.74, 6) is -0.432. The second kappa shape index (κ2) is 6.02. The molecule has 3 rings (SSSR count). The van der Waals surface area contributed by atoms with Gasteiger partial charge in [-0.15, -0.1) is 11.3 Å². The number of aromatic nitrogens is 1. The van der Waals surface area contributed by atoms with Crippen molar-refractivity contribution < 1.29 is 14.6 Å². The monoisotopic (exact) mass is 310 g/mol. The van der Waals surface area contributed by atoms with Crippen LogP contribution < -0.4 is 0 Å². The first-order valence-corrected chi connectivity index (χ1v) is 8.45. The molecular formula is C15H22N2O3S. The van der Waals surface area contributed by atoms with Gasteiger partial charge in [0.15, 0.2) is 0 Å². The van der Waals surface area contributed by atoms with Crippen LogP contribution in [0.5, 0.6) is 0 Å². The van der Waals surface area contributed by atoms with Crippen LogP contribution in [0.1, 0.15) is 53.0 Å².